The fourth-order valence-corrected chi connectivity index (χ4v) is 1.47. The fraction of sp³-hybridized carbons (Fsp3) is 0.357. The Morgan fingerprint density at radius 3 is 2.94 bits per heavy atom. The first-order valence-corrected chi connectivity index (χ1v) is 5.67. The molecule has 2 nitrogen and oxygen atoms in total. The van der Waals surface area contributed by atoms with Gasteiger partial charge in [-0.25, -0.2) is 4.39 Å². The topological polar surface area (TPSA) is 29.1 Å². The second kappa shape index (κ2) is 7.45. The molecule has 17 heavy (non-hydrogen) atoms. The van der Waals surface area contributed by atoms with E-state index in [1.165, 1.54) is 12.1 Å². The van der Waals surface area contributed by atoms with Gasteiger partial charge in [-0.1, -0.05) is 12.1 Å². The Morgan fingerprint density at radius 2 is 2.24 bits per heavy atom. The Labute approximate surface area is 101 Å². The first-order valence-electron chi connectivity index (χ1n) is 5.67. The molecule has 1 aromatic carbocycles. The van der Waals surface area contributed by atoms with E-state index in [1.54, 1.807) is 12.1 Å². The second-order valence-corrected chi connectivity index (χ2v) is 3.82. The third kappa shape index (κ3) is 5.72. The summed E-state index contributed by atoms with van der Waals surface area (Å²) in [6.45, 7) is 0.621. The molecule has 0 radical (unpaired) electrons. The van der Waals surface area contributed by atoms with E-state index in [9.17, 15) is 9.18 Å². The lowest BCUT2D eigenvalue weighted by Crippen LogP contribution is -2.26. The summed E-state index contributed by atoms with van der Waals surface area (Å²) in [6, 6.07) is 6.07. The smallest absolute Gasteiger partial charge is 0.224 e. The number of benzene rings is 1. The summed E-state index contributed by atoms with van der Waals surface area (Å²) in [7, 11) is 0. The molecule has 1 rings (SSSR count). The average Bonchev–Trinajstić information content (AvgIpc) is 2.29. The first kappa shape index (κ1) is 13.2. The monoisotopic (exact) mass is 233 g/mol. The Bertz CT molecular complexity index is 409. The van der Waals surface area contributed by atoms with Crippen LogP contribution in [-0.4, -0.2) is 12.5 Å². The van der Waals surface area contributed by atoms with Crippen molar-refractivity contribution >= 4 is 5.91 Å². The van der Waals surface area contributed by atoms with Gasteiger partial charge in [-0.2, -0.15) is 0 Å². The molecule has 3 heteroatoms. The zero-order valence-electron chi connectivity index (χ0n) is 9.71. The van der Waals surface area contributed by atoms with Gasteiger partial charge < -0.3 is 5.32 Å². The summed E-state index contributed by atoms with van der Waals surface area (Å²) >= 11 is 0. The molecular weight excluding hydrogens is 217 g/mol. The first-order chi connectivity index (χ1) is 8.22. The van der Waals surface area contributed by atoms with Gasteiger partial charge in [-0.15, -0.1) is 12.3 Å². The van der Waals surface area contributed by atoms with Crippen LogP contribution in [0.2, 0.25) is 0 Å². The van der Waals surface area contributed by atoms with Crippen LogP contribution in [-0.2, 0) is 11.2 Å². The minimum Gasteiger partial charge on any atom is -0.356 e. The van der Waals surface area contributed by atoms with Crippen LogP contribution >= 0.6 is 0 Å². The summed E-state index contributed by atoms with van der Waals surface area (Å²) < 4.78 is 12.9. The predicted molar refractivity (Wildman–Crippen MR) is 65.8 cm³/mol. The molecule has 1 amide bonds. The second-order valence-electron chi connectivity index (χ2n) is 3.82. The van der Waals surface area contributed by atoms with E-state index in [2.05, 4.69) is 11.2 Å². The molecule has 0 unspecified atom stereocenters. The molecule has 1 aromatic rings. The number of carbonyl (C=O) groups is 1. The van der Waals surface area contributed by atoms with Crippen molar-refractivity contribution in [2.75, 3.05) is 6.54 Å². The third-order valence-corrected chi connectivity index (χ3v) is 2.32. The normalized spacial score (nSPS) is 9.65. The molecule has 0 spiro atoms. The van der Waals surface area contributed by atoms with Gasteiger partial charge in [0.1, 0.15) is 5.82 Å². The highest BCUT2D eigenvalue weighted by atomic mass is 19.1. The number of terminal acetylenes is 1. The highest BCUT2D eigenvalue weighted by molar-refractivity contribution is 5.78. The molecule has 0 heterocycles. The summed E-state index contributed by atoms with van der Waals surface area (Å²) in [5.41, 5.74) is 0.686. The van der Waals surface area contributed by atoms with Crippen LogP contribution in [0.5, 0.6) is 0 Å². The quantitative estimate of drug-likeness (QED) is 0.593. The van der Waals surface area contributed by atoms with Gasteiger partial charge >= 0.3 is 0 Å². The maximum absolute atomic E-state index is 12.9. The van der Waals surface area contributed by atoms with Crippen LogP contribution in [0, 0.1) is 18.2 Å². The minimum absolute atomic E-state index is 0.0868. The van der Waals surface area contributed by atoms with Gasteiger partial charge in [0.2, 0.25) is 5.91 Å². The third-order valence-electron chi connectivity index (χ3n) is 2.32. The van der Waals surface area contributed by atoms with Gasteiger partial charge in [0.05, 0.1) is 6.42 Å². The van der Waals surface area contributed by atoms with E-state index in [0.29, 0.717) is 12.1 Å². The van der Waals surface area contributed by atoms with Crippen molar-refractivity contribution in [2.24, 2.45) is 0 Å². The molecule has 0 fully saturated rings. The van der Waals surface area contributed by atoms with Crippen molar-refractivity contribution in [3.63, 3.8) is 0 Å². The van der Waals surface area contributed by atoms with E-state index < -0.39 is 0 Å². The van der Waals surface area contributed by atoms with Crippen molar-refractivity contribution in [1.82, 2.24) is 5.32 Å². The molecular formula is C14H16FNO. The zero-order valence-corrected chi connectivity index (χ0v) is 9.71. The number of unbranched alkanes of at least 4 members (excludes halogenated alkanes) is 2. The van der Waals surface area contributed by atoms with Crippen LogP contribution in [0.15, 0.2) is 24.3 Å². The van der Waals surface area contributed by atoms with Crippen LogP contribution in [0.25, 0.3) is 0 Å². The van der Waals surface area contributed by atoms with Crippen molar-refractivity contribution < 1.29 is 9.18 Å². The van der Waals surface area contributed by atoms with E-state index in [-0.39, 0.29) is 18.1 Å². The van der Waals surface area contributed by atoms with Crippen LogP contribution in [0.1, 0.15) is 24.8 Å². The van der Waals surface area contributed by atoms with Gasteiger partial charge in [0, 0.05) is 13.0 Å². The number of amides is 1. The fourth-order valence-electron chi connectivity index (χ4n) is 1.47. The molecule has 0 aliphatic carbocycles. The molecule has 0 saturated heterocycles. The van der Waals surface area contributed by atoms with Crippen molar-refractivity contribution in [1.29, 1.82) is 0 Å². The predicted octanol–water partition coefficient (Wildman–Crippen LogP) is 2.29. The molecule has 0 aromatic heterocycles. The molecule has 0 aliphatic rings. The lowest BCUT2D eigenvalue weighted by molar-refractivity contribution is -0.120. The van der Waals surface area contributed by atoms with Gasteiger partial charge in [0.15, 0.2) is 0 Å². The number of hydrogen-bond acceptors (Lipinski definition) is 1. The number of hydrogen-bond donors (Lipinski definition) is 1. The largest absolute Gasteiger partial charge is 0.356 e. The standard InChI is InChI=1S/C14H16FNO/c1-2-3-4-5-9-16-14(17)11-12-7-6-8-13(15)10-12/h1,6-8,10H,3-5,9,11H2,(H,16,17). The lowest BCUT2D eigenvalue weighted by atomic mass is 10.1. The van der Waals surface area contributed by atoms with E-state index >= 15 is 0 Å². The molecule has 0 aliphatic heterocycles. The molecule has 90 valence electrons. The van der Waals surface area contributed by atoms with Gasteiger partial charge in [-0.05, 0) is 30.5 Å². The summed E-state index contributed by atoms with van der Waals surface area (Å²) in [5.74, 6) is 2.15. The Kier molecular flexibility index (Phi) is 5.81. The number of halogens is 1. The number of nitrogens with one attached hydrogen (secondary N) is 1. The Balaban J connectivity index is 2.23. The van der Waals surface area contributed by atoms with Crippen LogP contribution in [0.4, 0.5) is 4.39 Å². The summed E-state index contributed by atoms with van der Waals surface area (Å²) in [6.07, 6.45) is 7.85. The van der Waals surface area contributed by atoms with Crippen LogP contribution < -0.4 is 5.32 Å². The number of rotatable bonds is 6. The van der Waals surface area contributed by atoms with Gasteiger partial charge in [0.25, 0.3) is 0 Å². The summed E-state index contributed by atoms with van der Waals surface area (Å²) in [4.78, 5) is 11.5. The zero-order chi connectivity index (χ0) is 12.5. The average molecular weight is 233 g/mol. The molecule has 0 bridgehead atoms. The lowest BCUT2D eigenvalue weighted by Gasteiger charge is -2.04. The van der Waals surface area contributed by atoms with E-state index in [1.807, 2.05) is 0 Å². The van der Waals surface area contributed by atoms with Crippen LogP contribution in [0.3, 0.4) is 0 Å². The maximum Gasteiger partial charge on any atom is 0.224 e. The number of carbonyl (C=O) groups excluding carboxylic acids is 1. The molecule has 0 atom stereocenters. The highest BCUT2D eigenvalue weighted by Gasteiger charge is 2.03. The van der Waals surface area contributed by atoms with E-state index in [4.69, 9.17) is 6.42 Å². The van der Waals surface area contributed by atoms with Gasteiger partial charge in [-0.3, -0.25) is 4.79 Å². The maximum atomic E-state index is 12.9. The van der Waals surface area contributed by atoms with E-state index in [0.717, 1.165) is 19.3 Å². The van der Waals surface area contributed by atoms with Crippen molar-refractivity contribution in [2.45, 2.75) is 25.7 Å². The SMILES string of the molecule is C#CCCCCNC(=O)Cc1cccc(F)c1. The van der Waals surface area contributed by atoms with Crippen molar-refractivity contribution in [3.05, 3.63) is 35.6 Å². The molecule has 1 N–H and O–H groups in total. The minimum atomic E-state index is -0.315. The Morgan fingerprint density at radius 1 is 1.41 bits per heavy atom. The Hall–Kier alpha value is -1.82. The summed E-state index contributed by atoms with van der Waals surface area (Å²) in [5, 5.41) is 2.78. The van der Waals surface area contributed by atoms with Crippen molar-refractivity contribution in [3.8, 4) is 12.3 Å². The molecule has 0 saturated carbocycles. The highest BCUT2D eigenvalue weighted by Crippen LogP contribution is 2.04.